The maximum absolute atomic E-state index is 5.73. The second kappa shape index (κ2) is 7.33. The molecule has 0 aromatic heterocycles. The Balaban J connectivity index is 4.84. The van der Waals surface area contributed by atoms with E-state index in [4.69, 9.17) is 61.9 Å². The zero-order valence-corrected chi connectivity index (χ0v) is 8.66. The molecule has 0 aromatic rings. The summed E-state index contributed by atoms with van der Waals surface area (Å²) in [6.07, 6.45) is -3.77. The average molecular weight is 162 g/mol. The topological polar surface area (TPSA) is 0 Å². The van der Waals surface area contributed by atoms with Gasteiger partial charge in [-0.15, -0.1) is 0 Å². The highest BCUT2D eigenvalue weighted by molar-refractivity contribution is 8.12. The molecule has 15 heteroatoms. The zero-order chi connectivity index (χ0) is 12.2. The fourth-order valence-electron chi connectivity index (χ4n) is 1.67. The van der Waals surface area contributed by atoms with Gasteiger partial charge in [0, 0.05) is 0 Å². The van der Waals surface area contributed by atoms with Crippen molar-refractivity contribution in [3.05, 3.63) is 0 Å². The SMILES string of the molecule is [B]B([B])B(B([B])[B-])B(B([B])[B])B([B])[B][B-]. The fourth-order valence-corrected chi connectivity index (χ4v) is 1.67. The first kappa shape index (κ1) is 16.0. The Morgan fingerprint density at radius 2 is 1.20 bits per heavy atom. The standard InChI is InChI=1S/B15/c1-9-13(8)15(12(6)7)14(10(2)3)11(4)5/q-2. The van der Waals surface area contributed by atoms with E-state index in [9.17, 15) is 0 Å². The lowest BCUT2D eigenvalue weighted by Crippen LogP contribution is -2.73. The van der Waals surface area contributed by atoms with Crippen molar-refractivity contribution in [2.45, 2.75) is 0 Å². The van der Waals surface area contributed by atoms with Crippen LogP contribution in [-0.2, 0) is 0 Å². The molecular formula is B15-2. The lowest BCUT2D eigenvalue weighted by molar-refractivity contribution is 3.40. The molecule has 0 amide bonds. The minimum Gasteiger partial charge on any atom is -0.690 e. The maximum atomic E-state index is 5.73. The molecule has 0 saturated heterocycles. The average Bonchev–Trinajstić information content (AvgIpc) is 2.10. The second-order valence-corrected chi connectivity index (χ2v) is 3.66. The van der Waals surface area contributed by atoms with E-state index in [1.54, 1.807) is 0 Å². The van der Waals surface area contributed by atoms with Crippen molar-refractivity contribution in [3.8, 4) is 0 Å². The van der Waals surface area contributed by atoms with Crippen molar-refractivity contribution in [1.82, 2.24) is 0 Å². The summed E-state index contributed by atoms with van der Waals surface area (Å²) >= 11 is 0. The molecule has 0 heterocycles. The lowest BCUT2D eigenvalue weighted by Gasteiger charge is -2.43. The van der Waals surface area contributed by atoms with Gasteiger partial charge in [-0.05, 0) is 78.3 Å². The summed E-state index contributed by atoms with van der Waals surface area (Å²) in [5.41, 5.74) is 0. The molecule has 0 fully saturated rings. The number of hydrogen-bond acceptors (Lipinski definition) is 0. The van der Waals surface area contributed by atoms with Crippen LogP contribution in [0.4, 0.5) is 0 Å². The smallest absolute Gasteiger partial charge is 0.00000332 e. The molecule has 0 spiro atoms. The minimum absolute atomic E-state index is 0.463. The van der Waals surface area contributed by atoms with Crippen LogP contribution in [0.15, 0.2) is 0 Å². The van der Waals surface area contributed by atoms with E-state index in [0.29, 0.717) is 0 Å². The van der Waals surface area contributed by atoms with E-state index < -0.39 is 38.3 Å². The highest BCUT2D eigenvalue weighted by Gasteiger charge is 2.31. The van der Waals surface area contributed by atoms with Gasteiger partial charge in [-0.3, -0.25) is 7.06 Å². The molecule has 0 aliphatic rings. The normalized spacial score (nSPS) is 8.93. The highest BCUT2D eigenvalue weighted by atomic mass is 13.2. The van der Waals surface area contributed by atoms with Crippen LogP contribution in [0.25, 0.3) is 0 Å². The predicted octanol–water partition coefficient (Wildman–Crippen LogP) is -5.71. The van der Waals surface area contributed by atoms with E-state index in [2.05, 4.69) is 0 Å². The van der Waals surface area contributed by atoms with Gasteiger partial charge in [-0.25, -0.2) is 6.39 Å². The molecule has 0 aromatic carbocycles. The third-order valence-corrected chi connectivity index (χ3v) is 2.44. The highest BCUT2D eigenvalue weighted by Crippen LogP contribution is 1.98. The summed E-state index contributed by atoms with van der Waals surface area (Å²) in [7, 11) is 45.8. The zero-order valence-electron chi connectivity index (χ0n) is 8.66. The van der Waals surface area contributed by atoms with Crippen molar-refractivity contribution >= 4 is 107 Å². The third kappa shape index (κ3) is 4.78. The predicted molar refractivity (Wildman–Crippen MR) is 86.3 cm³/mol. The first-order valence-electron chi connectivity index (χ1n) is 4.67. The summed E-state index contributed by atoms with van der Waals surface area (Å²) in [4.78, 5) is 0. The van der Waals surface area contributed by atoms with Gasteiger partial charge in [0.2, 0.25) is 0 Å². The van der Waals surface area contributed by atoms with E-state index >= 15 is 0 Å². The summed E-state index contributed by atoms with van der Waals surface area (Å²) in [6.45, 7) is 0. The molecule has 0 rings (SSSR count). The number of rotatable bonds is 6. The molecular weight excluding hydrogens is 162 g/mol. The van der Waals surface area contributed by atoms with Crippen molar-refractivity contribution in [2.75, 3.05) is 0 Å². The Labute approximate surface area is 107 Å². The van der Waals surface area contributed by atoms with Crippen molar-refractivity contribution in [1.29, 1.82) is 0 Å². The van der Waals surface area contributed by atoms with E-state index in [0.717, 1.165) is 0 Å². The number of hydrogen-bond donors (Lipinski definition) is 0. The maximum Gasteiger partial charge on any atom is -0.00000332 e. The van der Waals surface area contributed by atoms with Gasteiger partial charge in [-0.2, -0.15) is 0 Å². The van der Waals surface area contributed by atoms with E-state index in [1.807, 2.05) is 0 Å². The van der Waals surface area contributed by atoms with Gasteiger partial charge in [0.25, 0.3) is 0 Å². The van der Waals surface area contributed by atoms with Crippen LogP contribution >= 0.6 is 0 Å². The van der Waals surface area contributed by atoms with Crippen LogP contribution in [0.2, 0.25) is 0 Å². The molecule has 0 atom stereocenters. The van der Waals surface area contributed by atoms with Gasteiger partial charge in [0.05, 0.1) is 0 Å². The van der Waals surface area contributed by atoms with Crippen LogP contribution in [0, 0.1) is 0 Å². The van der Waals surface area contributed by atoms with Crippen LogP contribution in [0.1, 0.15) is 0 Å². The first-order valence-corrected chi connectivity index (χ1v) is 4.67. The van der Waals surface area contributed by atoms with Gasteiger partial charge in [-0.1, -0.05) is 0 Å². The molecule has 19 radical (unpaired) electrons. The van der Waals surface area contributed by atoms with Gasteiger partial charge >= 0.3 is 0 Å². The molecule has 0 N–H and O–H groups in total. The van der Waals surface area contributed by atoms with Crippen molar-refractivity contribution in [3.63, 3.8) is 0 Å². The summed E-state index contributed by atoms with van der Waals surface area (Å²) < 4.78 is 0. The fraction of sp³-hybridized carbons (Fsp3) is 0. The first-order chi connectivity index (χ1) is 6.82. The molecule has 0 aliphatic heterocycles. The van der Waals surface area contributed by atoms with Gasteiger partial charge < -0.3 is 15.5 Å². The van der Waals surface area contributed by atoms with Crippen LogP contribution in [0.5, 0.6) is 0 Å². The van der Waals surface area contributed by atoms with Gasteiger partial charge in [0.15, 0.2) is 0 Å². The van der Waals surface area contributed by atoms with Crippen LogP contribution < -0.4 is 0 Å². The molecule has 0 nitrogen and oxygen atoms in total. The van der Waals surface area contributed by atoms with E-state index in [-0.39, 0.29) is 0 Å². The molecule has 15 heavy (non-hydrogen) atoms. The molecule has 0 bridgehead atoms. The lowest BCUT2D eigenvalue weighted by atomic mass is 8.46. The van der Waals surface area contributed by atoms with Crippen LogP contribution in [0.3, 0.4) is 0 Å². The monoisotopic (exact) mass is 165 g/mol. The third-order valence-electron chi connectivity index (χ3n) is 2.44. The Hall–Kier alpha value is 0.974. The minimum atomic E-state index is -0.754. The largest absolute Gasteiger partial charge is 0.690 e. The van der Waals surface area contributed by atoms with Crippen molar-refractivity contribution in [2.24, 2.45) is 0 Å². The molecule has 0 unspecified atom stereocenters. The van der Waals surface area contributed by atoms with Crippen LogP contribution in [-0.4, -0.2) is 107 Å². The molecule has 0 aliphatic carbocycles. The van der Waals surface area contributed by atoms with E-state index in [1.165, 1.54) is 7.06 Å². The Morgan fingerprint density at radius 3 is 1.40 bits per heavy atom. The summed E-state index contributed by atoms with van der Waals surface area (Å²) in [6, 6.07) is 0. The van der Waals surface area contributed by atoms with Gasteiger partial charge in [0.1, 0.15) is 0 Å². The summed E-state index contributed by atoms with van der Waals surface area (Å²) in [5.74, 6) is 0. The molecule has 47 valence electrons. The molecule has 0 saturated carbocycles. The van der Waals surface area contributed by atoms with Crippen molar-refractivity contribution < 1.29 is 0 Å². The quantitative estimate of drug-likeness (QED) is 0.341. The second-order valence-electron chi connectivity index (χ2n) is 3.66. The summed E-state index contributed by atoms with van der Waals surface area (Å²) in [5, 5.41) is 0. The Bertz CT molecular complexity index is 147. The Kier molecular flexibility index (Phi) is 7.81. The Morgan fingerprint density at radius 1 is 0.800 bits per heavy atom.